The summed E-state index contributed by atoms with van der Waals surface area (Å²) >= 11 is 3.48. The Morgan fingerprint density at radius 2 is 2.00 bits per heavy atom. The number of halogens is 1. The largest absolute Gasteiger partial charge is 0.356 e. The maximum Gasteiger partial charge on any atom is 0.191 e. The summed E-state index contributed by atoms with van der Waals surface area (Å²) in [5.74, 6) is 0.834. The molecule has 1 aromatic carbocycles. The Bertz CT molecular complexity index is 632. The highest BCUT2D eigenvalue weighted by Gasteiger charge is 2.20. The van der Waals surface area contributed by atoms with Crippen molar-refractivity contribution in [1.82, 2.24) is 20.4 Å². The molecule has 2 N–H and O–H groups in total. The summed E-state index contributed by atoms with van der Waals surface area (Å²) in [5.41, 5.74) is 1.32. The summed E-state index contributed by atoms with van der Waals surface area (Å²) in [6.45, 7) is 7.04. The molecule has 0 radical (unpaired) electrons. The summed E-state index contributed by atoms with van der Waals surface area (Å²) in [7, 11) is 1.80. The number of hydrogen-bond donors (Lipinski definition) is 2. The molecule has 0 fully saturated rings. The van der Waals surface area contributed by atoms with E-state index in [1.165, 1.54) is 5.56 Å². The van der Waals surface area contributed by atoms with E-state index in [1.54, 1.807) is 13.2 Å². The molecule has 6 heteroatoms. The lowest BCUT2D eigenvalue weighted by Gasteiger charge is -2.27. The van der Waals surface area contributed by atoms with Crippen molar-refractivity contribution in [1.29, 1.82) is 0 Å². The minimum Gasteiger partial charge on any atom is -0.356 e. The van der Waals surface area contributed by atoms with E-state index in [4.69, 9.17) is 0 Å². The Morgan fingerprint density at radius 1 is 1.25 bits per heavy atom. The zero-order chi connectivity index (χ0) is 17.4. The van der Waals surface area contributed by atoms with Crippen LogP contribution in [0.1, 0.15) is 25.8 Å². The van der Waals surface area contributed by atoms with Crippen LogP contribution in [-0.2, 0) is 12.0 Å². The summed E-state index contributed by atoms with van der Waals surface area (Å²) in [6.07, 6.45) is 4.78. The molecule has 130 valence electrons. The van der Waals surface area contributed by atoms with Crippen LogP contribution in [0.2, 0.25) is 0 Å². The van der Waals surface area contributed by atoms with E-state index >= 15 is 0 Å². The van der Waals surface area contributed by atoms with E-state index in [0.29, 0.717) is 0 Å². The molecule has 0 saturated heterocycles. The first-order valence-corrected chi connectivity index (χ1v) is 8.98. The van der Waals surface area contributed by atoms with Crippen molar-refractivity contribution in [2.45, 2.75) is 32.2 Å². The first kappa shape index (κ1) is 18.5. The maximum absolute atomic E-state index is 4.30. The average molecular weight is 392 g/mol. The van der Waals surface area contributed by atoms with Crippen LogP contribution in [0.3, 0.4) is 0 Å². The van der Waals surface area contributed by atoms with Gasteiger partial charge < -0.3 is 10.6 Å². The standard InChI is InChI=1S/C18H26BrN5/c1-18(2,15-6-8-16(19)9-7-15)14-22-17(20-3)21-10-4-12-24-13-5-11-23-24/h5-9,11,13H,4,10,12,14H2,1-3H3,(H2,20,21,22). The molecular weight excluding hydrogens is 366 g/mol. The molecule has 0 atom stereocenters. The van der Waals surface area contributed by atoms with Gasteiger partial charge in [-0.2, -0.15) is 5.10 Å². The molecule has 0 saturated carbocycles. The summed E-state index contributed by atoms with van der Waals surface area (Å²) in [4.78, 5) is 4.30. The average Bonchev–Trinajstić information content (AvgIpc) is 3.08. The summed E-state index contributed by atoms with van der Waals surface area (Å²) in [5, 5.41) is 11.0. The SMILES string of the molecule is CN=C(NCCCn1cccn1)NCC(C)(C)c1ccc(Br)cc1. The van der Waals surface area contributed by atoms with Crippen LogP contribution in [0.15, 0.2) is 52.2 Å². The highest BCUT2D eigenvalue weighted by atomic mass is 79.9. The third kappa shape index (κ3) is 5.67. The van der Waals surface area contributed by atoms with E-state index in [0.717, 1.165) is 36.5 Å². The van der Waals surface area contributed by atoms with E-state index in [1.807, 2.05) is 16.9 Å². The molecule has 2 aromatic rings. The van der Waals surface area contributed by atoms with Gasteiger partial charge in [-0.05, 0) is 30.2 Å². The third-order valence-electron chi connectivity index (χ3n) is 3.96. The van der Waals surface area contributed by atoms with E-state index < -0.39 is 0 Å². The molecule has 0 aliphatic rings. The zero-order valence-electron chi connectivity index (χ0n) is 14.6. The molecule has 0 amide bonds. The second-order valence-electron chi connectivity index (χ2n) is 6.37. The van der Waals surface area contributed by atoms with Gasteiger partial charge in [0.1, 0.15) is 0 Å². The van der Waals surface area contributed by atoms with Crippen molar-refractivity contribution >= 4 is 21.9 Å². The Kier molecular flexibility index (Phi) is 6.85. The van der Waals surface area contributed by atoms with Gasteiger partial charge in [0.2, 0.25) is 0 Å². The van der Waals surface area contributed by atoms with Crippen LogP contribution in [-0.4, -0.2) is 35.9 Å². The number of guanidine groups is 1. The molecule has 1 heterocycles. The number of aryl methyl sites for hydroxylation is 1. The van der Waals surface area contributed by atoms with Crippen LogP contribution in [0.5, 0.6) is 0 Å². The quantitative estimate of drug-likeness (QED) is 0.432. The normalized spacial score (nSPS) is 12.2. The van der Waals surface area contributed by atoms with Crippen molar-refractivity contribution in [3.8, 4) is 0 Å². The number of rotatable bonds is 7. The minimum absolute atomic E-state index is 0.0212. The Morgan fingerprint density at radius 3 is 2.62 bits per heavy atom. The fourth-order valence-electron chi connectivity index (χ4n) is 2.41. The number of aromatic nitrogens is 2. The van der Waals surface area contributed by atoms with Crippen LogP contribution >= 0.6 is 15.9 Å². The van der Waals surface area contributed by atoms with Crippen LogP contribution in [0, 0.1) is 0 Å². The number of hydrogen-bond acceptors (Lipinski definition) is 2. The Balaban J connectivity index is 1.76. The highest BCUT2D eigenvalue weighted by Crippen LogP contribution is 2.23. The van der Waals surface area contributed by atoms with Crippen LogP contribution in [0.4, 0.5) is 0 Å². The lowest BCUT2D eigenvalue weighted by molar-refractivity contribution is 0.506. The van der Waals surface area contributed by atoms with Crippen molar-refractivity contribution < 1.29 is 0 Å². The monoisotopic (exact) mass is 391 g/mol. The van der Waals surface area contributed by atoms with Crippen molar-refractivity contribution in [2.75, 3.05) is 20.1 Å². The van der Waals surface area contributed by atoms with Crippen molar-refractivity contribution in [3.63, 3.8) is 0 Å². The first-order chi connectivity index (χ1) is 11.5. The first-order valence-electron chi connectivity index (χ1n) is 8.19. The smallest absolute Gasteiger partial charge is 0.191 e. The van der Waals surface area contributed by atoms with Gasteiger partial charge in [-0.1, -0.05) is 41.9 Å². The zero-order valence-corrected chi connectivity index (χ0v) is 16.2. The Labute approximate surface area is 152 Å². The van der Waals surface area contributed by atoms with E-state index in [9.17, 15) is 0 Å². The lowest BCUT2D eigenvalue weighted by Crippen LogP contribution is -2.43. The Hall–Kier alpha value is -1.82. The van der Waals surface area contributed by atoms with Gasteiger partial charge in [0.25, 0.3) is 0 Å². The van der Waals surface area contributed by atoms with Gasteiger partial charge in [-0.25, -0.2) is 0 Å². The molecule has 2 rings (SSSR count). The fourth-order valence-corrected chi connectivity index (χ4v) is 2.67. The number of nitrogens with one attached hydrogen (secondary N) is 2. The van der Waals surface area contributed by atoms with Crippen LogP contribution in [0.25, 0.3) is 0 Å². The number of benzene rings is 1. The molecule has 0 unspecified atom stereocenters. The van der Waals surface area contributed by atoms with Gasteiger partial charge in [-0.3, -0.25) is 9.67 Å². The van der Waals surface area contributed by atoms with Gasteiger partial charge >= 0.3 is 0 Å². The van der Waals surface area contributed by atoms with Crippen LogP contribution < -0.4 is 10.6 Å². The molecule has 0 bridgehead atoms. The van der Waals surface area contributed by atoms with Gasteiger partial charge in [-0.15, -0.1) is 0 Å². The number of aliphatic imine (C=N–C) groups is 1. The van der Waals surface area contributed by atoms with E-state index in [-0.39, 0.29) is 5.41 Å². The second-order valence-corrected chi connectivity index (χ2v) is 7.28. The molecule has 0 spiro atoms. The summed E-state index contributed by atoms with van der Waals surface area (Å²) in [6, 6.07) is 10.4. The molecule has 24 heavy (non-hydrogen) atoms. The topological polar surface area (TPSA) is 54.2 Å². The third-order valence-corrected chi connectivity index (χ3v) is 4.49. The number of nitrogens with zero attached hydrogens (tertiary/aromatic N) is 3. The lowest BCUT2D eigenvalue weighted by atomic mass is 9.85. The predicted octanol–water partition coefficient (Wildman–Crippen LogP) is 3.18. The second kappa shape index (κ2) is 8.87. The van der Waals surface area contributed by atoms with E-state index in [2.05, 4.69) is 74.8 Å². The van der Waals surface area contributed by atoms with Gasteiger partial charge in [0.15, 0.2) is 5.96 Å². The summed E-state index contributed by atoms with van der Waals surface area (Å²) < 4.78 is 3.04. The molecule has 1 aromatic heterocycles. The highest BCUT2D eigenvalue weighted by molar-refractivity contribution is 9.10. The fraction of sp³-hybridized carbons (Fsp3) is 0.444. The molecular formula is C18H26BrN5. The van der Waals surface area contributed by atoms with Gasteiger partial charge in [0.05, 0.1) is 0 Å². The molecule has 5 nitrogen and oxygen atoms in total. The van der Waals surface area contributed by atoms with Gasteiger partial charge in [0, 0.05) is 49.0 Å². The maximum atomic E-state index is 4.30. The predicted molar refractivity (Wildman–Crippen MR) is 103 cm³/mol. The van der Waals surface area contributed by atoms with Crippen molar-refractivity contribution in [3.05, 3.63) is 52.8 Å². The molecule has 0 aliphatic heterocycles. The minimum atomic E-state index is 0.0212. The van der Waals surface area contributed by atoms with Crippen molar-refractivity contribution in [2.24, 2.45) is 4.99 Å². The molecule has 0 aliphatic carbocycles.